The summed E-state index contributed by atoms with van der Waals surface area (Å²) in [6.07, 6.45) is 5.41. The number of hydrogen-bond donors (Lipinski definition) is 0. The van der Waals surface area contributed by atoms with Gasteiger partial charge in [-0.3, -0.25) is 0 Å². The second kappa shape index (κ2) is 11.7. The van der Waals surface area contributed by atoms with Gasteiger partial charge in [0, 0.05) is 20.3 Å². The molecular formula is C17H28O3. The van der Waals surface area contributed by atoms with Crippen molar-refractivity contribution >= 4 is 0 Å². The average molecular weight is 280 g/mol. The summed E-state index contributed by atoms with van der Waals surface area (Å²) in [6.45, 7) is 5.43. The summed E-state index contributed by atoms with van der Waals surface area (Å²) in [6, 6.07) is 8.26. The van der Waals surface area contributed by atoms with E-state index < -0.39 is 0 Å². The van der Waals surface area contributed by atoms with Gasteiger partial charge in [-0.2, -0.15) is 0 Å². The molecule has 0 heterocycles. The molecule has 0 aliphatic rings. The second-order valence-corrected chi connectivity index (χ2v) is 4.91. The maximum absolute atomic E-state index is 5.71. The monoisotopic (exact) mass is 280 g/mol. The highest BCUT2D eigenvalue weighted by atomic mass is 16.5. The number of hydrogen-bond acceptors (Lipinski definition) is 3. The van der Waals surface area contributed by atoms with Crippen LogP contribution in [0.2, 0.25) is 0 Å². The fourth-order valence-corrected chi connectivity index (χ4v) is 1.82. The van der Waals surface area contributed by atoms with E-state index in [4.69, 9.17) is 14.2 Å². The fraction of sp³-hybridized carbons (Fsp3) is 0.647. The van der Waals surface area contributed by atoms with Crippen LogP contribution in [0, 0.1) is 0 Å². The lowest BCUT2D eigenvalue weighted by molar-refractivity contribution is 0.123. The molecule has 0 saturated carbocycles. The van der Waals surface area contributed by atoms with Crippen molar-refractivity contribution in [1.29, 1.82) is 0 Å². The van der Waals surface area contributed by atoms with Crippen molar-refractivity contribution in [1.82, 2.24) is 0 Å². The molecule has 0 spiro atoms. The molecule has 0 radical (unpaired) electrons. The summed E-state index contributed by atoms with van der Waals surface area (Å²) in [7, 11) is 1.73. The molecule has 1 rings (SSSR count). The fourth-order valence-electron chi connectivity index (χ4n) is 1.82. The van der Waals surface area contributed by atoms with Crippen LogP contribution < -0.4 is 4.74 Å². The van der Waals surface area contributed by atoms with E-state index in [0.717, 1.165) is 57.9 Å². The predicted octanol–water partition coefficient (Wildman–Crippen LogP) is 3.85. The number of methoxy groups -OCH3 is 1. The Labute approximate surface area is 123 Å². The van der Waals surface area contributed by atoms with Crippen LogP contribution in [-0.2, 0) is 15.9 Å². The van der Waals surface area contributed by atoms with Gasteiger partial charge >= 0.3 is 0 Å². The molecule has 3 heteroatoms. The van der Waals surface area contributed by atoms with Crippen LogP contribution in [0.5, 0.6) is 5.75 Å². The minimum Gasteiger partial charge on any atom is -0.494 e. The van der Waals surface area contributed by atoms with Gasteiger partial charge in [0.15, 0.2) is 0 Å². The van der Waals surface area contributed by atoms with Gasteiger partial charge in [-0.25, -0.2) is 0 Å². The lowest BCUT2D eigenvalue weighted by atomic mass is 10.1. The lowest BCUT2D eigenvalue weighted by Crippen LogP contribution is -2.02. The Balaban J connectivity index is 2.04. The van der Waals surface area contributed by atoms with Crippen LogP contribution >= 0.6 is 0 Å². The molecule has 0 amide bonds. The van der Waals surface area contributed by atoms with E-state index in [-0.39, 0.29) is 0 Å². The smallest absolute Gasteiger partial charge is 0.119 e. The molecule has 20 heavy (non-hydrogen) atoms. The molecule has 0 fully saturated rings. The topological polar surface area (TPSA) is 27.7 Å². The van der Waals surface area contributed by atoms with E-state index in [1.165, 1.54) is 12.0 Å². The van der Waals surface area contributed by atoms with Crippen LogP contribution in [0.25, 0.3) is 0 Å². The van der Waals surface area contributed by atoms with Gasteiger partial charge in [-0.05, 0) is 43.4 Å². The molecular weight excluding hydrogens is 252 g/mol. The summed E-state index contributed by atoms with van der Waals surface area (Å²) in [5.41, 5.74) is 1.28. The maximum atomic E-state index is 5.71. The SMILES string of the molecule is CCCCOCCCCOc1ccc(CCOC)cc1. The maximum Gasteiger partial charge on any atom is 0.119 e. The Kier molecular flexibility index (Phi) is 9.98. The summed E-state index contributed by atoms with van der Waals surface area (Å²) >= 11 is 0. The van der Waals surface area contributed by atoms with E-state index in [1.807, 2.05) is 12.1 Å². The Morgan fingerprint density at radius 3 is 2.25 bits per heavy atom. The largest absolute Gasteiger partial charge is 0.494 e. The quantitative estimate of drug-likeness (QED) is 0.544. The van der Waals surface area contributed by atoms with Crippen molar-refractivity contribution in [3.63, 3.8) is 0 Å². The zero-order chi connectivity index (χ0) is 14.5. The predicted molar refractivity (Wildman–Crippen MR) is 82.5 cm³/mol. The Morgan fingerprint density at radius 1 is 0.850 bits per heavy atom. The standard InChI is InChI=1S/C17H28O3/c1-3-4-12-19-13-5-6-14-20-17-9-7-16(8-10-17)11-15-18-2/h7-10H,3-6,11-15H2,1-2H3. The molecule has 3 nitrogen and oxygen atoms in total. The summed E-state index contributed by atoms with van der Waals surface area (Å²) in [5, 5.41) is 0. The van der Waals surface area contributed by atoms with Crippen molar-refractivity contribution in [3.8, 4) is 5.75 Å². The Bertz CT molecular complexity index is 322. The molecule has 0 atom stereocenters. The van der Waals surface area contributed by atoms with E-state index in [0.29, 0.717) is 0 Å². The molecule has 1 aromatic carbocycles. The minimum absolute atomic E-state index is 0.758. The van der Waals surface area contributed by atoms with Crippen molar-refractivity contribution < 1.29 is 14.2 Å². The molecule has 0 N–H and O–H groups in total. The molecule has 0 saturated heterocycles. The van der Waals surface area contributed by atoms with Crippen molar-refractivity contribution in [2.24, 2.45) is 0 Å². The van der Waals surface area contributed by atoms with Crippen LogP contribution in [0.1, 0.15) is 38.2 Å². The van der Waals surface area contributed by atoms with E-state index >= 15 is 0 Å². The van der Waals surface area contributed by atoms with Crippen LogP contribution in [0.4, 0.5) is 0 Å². The van der Waals surface area contributed by atoms with Gasteiger partial charge in [0.1, 0.15) is 5.75 Å². The third-order valence-corrected chi connectivity index (χ3v) is 3.11. The summed E-state index contributed by atoms with van der Waals surface area (Å²) < 4.78 is 16.3. The van der Waals surface area contributed by atoms with Gasteiger partial charge in [-0.15, -0.1) is 0 Å². The third kappa shape index (κ3) is 8.18. The highest BCUT2D eigenvalue weighted by Gasteiger charge is 1.96. The van der Waals surface area contributed by atoms with Crippen molar-refractivity contribution in [2.45, 2.75) is 39.0 Å². The molecule has 0 aliphatic carbocycles. The number of benzene rings is 1. The molecule has 1 aromatic rings. The second-order valence-electron chi connectivity index (χ2n) is 4.91. The van der Waals surface area contributed by atoms with Crippen molar-refractivity contribution in [2.75, 3.05) is 33.5 Å². The Hall–Kier alpha value is -1.06. The minimum atomic E-state index is 0.758. The number of unbranched alkanes of at least 4 members (excludes halogenated alkanes) is 2. The van der Waals surface area contributed by atoms with E-state index in [2.05, 4.69) is 19.1 Å². The van der Waals surface area contributed by atoms with E-state index in [1.54, 1.807) is 7.11 Å². The van der Waals surface area contributed by atoms with Crippen LogP contribution in [0.15, 0.2) is 24.3 Å². The third-order valence-electron chi connectivity index (χ3n) is 3.11. The van der Waals surface area contributed by atoms with Gasteiger partial charge in [0.05, 0.1) is 13.2 Å². The lowest BCUT2D eigenvalue weighted by Gasteiger charge is -2.07. The van der Waals surface area contributed by atoms with Gasteiger partial charge in [0.2, 0.25) is 0 Å². The highest BCUT2D eigenvalue weighted by molar-refractivity contribution is 5.27. The van der Waals surface area contributed by atoms with Gasteiger partial charge in [-0.1, -0.05) is 25.5 Å². The van der Waals surface area contributed by atoms with E-state index in [9.17, 15) is 0 Å². The van der Waals surface area contributed by atoms with Crippen LogP contribution in [-0.4, -0.2) is 33.5 Å². The highest BCUT2D eigenvalue weighted by Crippen LogP contribution is 2.13. The van der Waals surface area contributed by atoms with Gasteiger partial charge < -0.3 is 14.2 Å². The first-order valence-electron chi connectivity index (χ1n) is 7.65. The number of rotatable bonds is 12. The average Bonchev–Trinajstić information content (AvgIpc) is 2.49. The zero-order valence-electron chi connectivity index (χ0n) is 12.9. The number of ether oxygens (including phenoxy) is 3. The Morgan fingerprint density at radius 2 is 1.55 bits per heavy atom. The molecule has 0 unspecified atom stereocenters. The molecule has 0 aromatic heterocycles. The first-order chi connectivity index (χ1) is 9.86. The molecule has 0 bridgehead atoms. The van der Waals surface area contributed by atoms with Crippen LogP contribution in [0.3, 0.4) is 0 Å². The molecule has 0 aliphatic heterocycles. The first-order valence-corrected chi connectivity index (χ1v) is 7.65. The van der Waals surface area contributed by atoms with Crippen molar-refractivity contribution in [3.05, 3.63) is 29.8 Å². The molecule has 114 valence electrons. The van der Waals surface area contributed by atoms with Gasteiger partial charge in [0.25, 0.3) is 0 Å². The normalized spacial score (nSPS) is 10.7. The first kappa shape index (κ1) is 17.0. The summed E-state index contributed by atoms with van der Waals surface area (Å²) in [5.74, 6) is 0.943. The summed E-state index contributed by atoms with van der Waals surface area (Å²) in [4.78, 5) is 0. The zero-order valence-corrected chi connectivity index (χ0v) is 12.9.